The first-order valence-electron chi connectivity index (χ1n) is 9.43. The Morgan fingerprint density at radius 3 is 2.50 bits per heavy atom. The molecule has 4 rings (SSSR count). The van der Waals surface area contributed by atoms with Gasteiger partial charge in [-0.3, -0.25) is 9.48 Å². The molecule has 1 amide bonds. The molecule has 3 aromatic rings. The van der Waals surface area contributed by atoms with Crippen LogP contribution in [0.5, 0.6) is 5.75 Å². The van der Waals surface area contributed by atoms with Crippen molar-refractivity contribution in [2.24, 2.45) is 7.05 Å². The summed E-state index contributed by atoms with van der Waals surface area (Å²) in [6.07, 6.45) is 4.48. The predicted octanol–water partition coefficient (Wildman–Crippen LogP) is 0.800. The van der Waals surface area contributed by atoms with Crippen molar-refractivity contribution in [1.82, 2.24) is 28.8 Å². The number of aromatic nitrogens is 4. The van der Waals surface area contributed by atoms with E-state index in [4.69, 9.17) is 4.74 Å². The monoisotopic (exact) mass is 430 g/mol. The molecule has 0 N–H and O–H groups in total. The quantitative estimate of drug-likeness (QED) is 0.573. The first-order chi connectivity index (χ1) is 14.4. The van der Waals surface area contributed by atoms with Crippen LogP contribution in [0, 0.1) is 0 Å². The number of hydrogen-bond donors (Lipinski definition) is 0. The van der Waals surface area contributed by atoms with Crippen molar-refractivity contribution in [2.75, 3.05) is 26.2 Å². The molecule has 2 aromatic heterocycles. The minimum absolute atomic E-state index is 0.155. The third kappa shape index (κ3) is 4.21. The SMILES string of the molecule is Cn1cc(S(=O)(=O)N2CCN(C(=O)c3ccn(COc4ccccc4)n3)CC2)cn1. The molecule has 11 heteroatoms. The Kier molecular flexibility index (Phi) is 5.55. The second-order valence-corrected chi connectivity index (χ2v) is 8.81. The summed E-state index contributed by atoms with van der Waals surface area (Å²) < 4.78 is 35.3. The number of rotatable bonds is 6. The van der Waals surface area contributed by atoms with Gasteiger partial charge < -0.3 is 9.64 Å². The van der Waals surface area contributed by atoms with Crippen molar-refractivity contribution in [3.63, 3.8) is 0 Å². The molecule has 0 bridgehead atoms. The summed E-state index contributed by atoms with van der Waals surface area (Å²) in [5.74, 6) is 0.485. The van der Waals surface area contributed by atoms with Gasteiger partial charge in [0.25, 0.3) is 5.91 Å². The summed E-state index contributed by atoms with van der Waals surface area (Å²) in [7, 11) is -1.94. The van der Waals surface area contributed by atoms with E-state index >= 15 is 0 Å². The highest BCUT2D eigenvalue weighted by Gasteiger charge is 2.31. The Balaban J connectivity index is 1.34. The number of carbonyl (C=O) groups is 1. The van der Waals surface area contributed by atoms with Crippen LogP contribution < -0.4 is 4.74 Å². The highest BCUT2D eigenvalue weighted by molar-refractivity contribution is 7.89. The number of sulfonamides is 1. The number of piperazine rings is 1. The van der Waals surface area contributed by atoms with E-state index in [2.05, 4.69) is 10.2 Å². The van der Waals surface area contributed by atoms with Gasteiger partial charge in [0.15, 0.2) is 12.4 Å². The molecule has 0 unspecified atom stereocenters. The maximum atomic E-state index is 12.7. The van der Waals surface area contributed by atoms with Gasteiger partial charge in [-0.2, -0.15) is 14.5 Å². The Bertz CT molecular complexity index is 1120. The molecule has 30 heavy (non-hydrogen) atoms. The van der Waals surface area contributed by atoms with Gasteiger partial charge >= 0.3 is 0 Å². The largest absolute Gasteiger partial charge is 0.471 e. The number of benzene rings is 1. The van der Waals surface area contributed by atoms with Gasteiger partial charge in [0.1, 0.15) is 10.6 Å². The molecule has 10 nitrogen and oxygen atoms in total. The van der Waals surface area contributed by atoms with E-state index in [0.717, 1.165) is 0 Å². The number of amides is 1. The summed E-state index contributed by atoms with van der Waals surface area (Å²) in [6, 6.07) is 11.0. The second kappa shape index (κ2) is 8.28. The molecule has 0 saturated carbocycles. The molecule has 3 heterocycles. The summed E-state index contributed by atoms with van der Waals surface area (Å²) in [5.41, 5.74) is 0.301. The van der Waals surface area contributed by atoms with Crippen LogP contribution in [0.4, 0.5) is 0 Å². The minimum atomic E-state index is -3.61. The van der Waals surface area contributed by atoms with Gasteiger partial charge in [-0.1, -0.05) is 18.2 Å². The molecule has 0 spiro atoms. The molecular formula is C19H22N6O4S. The number of aryl methyl sites for hydroxylation is 1. The first-order valence-corrected chi connectivity index (χ1v) is 10.9. The summed E-state index contributed by atoms with van der Waals surface area (Å²) in [6.45, 7) is 1.23. The number of nitrogens with zero attached hydrogens (tertiary/aromatic N) is 6. The van der Waals surface area contributed by atoms with Crippen molar-refractivity contribution in [2.45, 2.75) is 11.6 Å². The molecule has 1 aromatic carbocycles. The minimum Gasteiger partial charge on any atom is -0.471 e. The molecule has 1 fully saturated rings. The van der Waals surface area contributed by atoms with Gasteiger partial charge in [0, 0.05) is 45.6 Å². The zero-order chi connectivity index (χ0) is 21.1. The van der Waals surface area contributed by atoms with Crippen molar-refractivity contribution >= 4 is 15.9 Å². The molecular weight excluding hydrogens is 408 g/mol. The van der Waals surface area contributed by atoms with Crippen LogP contribution in [-0.4, -0.2) is 69.3 Å². The van der Waals surface area contributed by atoms with Gasteiger partial charge in [0.05, 0.1) is 6.20 Å². The third-order valence-electron chi connectivity index (χ3n) is 4.81. The standard InChI is InChI=1S/C19H22N6O4S/c1-22-14-17(13-20-22)30(27,28)25-11-9-23(10-12-25)19(26)18-7-8-24(21-18)15-29-16-5-3-2-4-6-16/h2-8,13-14H,9-12,15H2,1H3. The molecule has 0 atom stereocenters. The molecule has 158 valence electrons. The number of para-hydroxylation sites is 1. The van der Waals surface area contributed by atoms with Crippen molar-refractivity contribution in [3.05, 3.63) is 60.7 Å². The fraction of sp³-hybridized carbons (Fsp3) is 0.316. The van der Waals surface area contributed by atoms with Gasteiger partial charge in [-0.25, -0.2) is 13.1 Å². The zero-order valence-electron chi connectivity index (χ0n) is 16.5. The van der Waals surface area contributed by atoms with E-state index in [9.17, 15) is 13.2 Å². The fourth-order valence-corrected chi connectivity index (χ4v) is 4.59. The lowest BCUT2D eigenvalue weighted by Crippen LogP contribution is -2.50. The maximum absolute atomic E-state index is 12.7. The predicted molar refractivity (Wildman–Crippen MR) is 107 cm³/mol. The number of ether oxygens (including phenoxy) is 1. The molecule has 1 aliphatic rings. The van der Waals surface area contributed by atoms with Crippen LogP contribution in [-0.2, 0) is 23.8 Å². The maximum Gasteiger partial charge on any atom is 0.274 e. The molecule has 0 aliphatic carbocycles. The van der Waals surface area contributed by atoms with Gasteiger partial charge in [-0.15, -0.1) is 0 Å². The lowest BCUT2D eigenvalue weighted by molar-refractivity contribution is 0.0690. The van der Waals surface area contributed by atoms with Crippen LogP contribution in [0.1, 0.15) is 10.5 Å². The second-order valence-electron chi connectivity index (χ2n) is 6.87. The van der Waals surface area contributed by atoms with Crippen LogP contribution >= 0.6 is 0 Å². The summed E-state index contributed by atoms with van der Waals surface area (Å²) in [4.78, 5) is 14.5. The normalized spacial score (nSPS) is 15.3. The van der Waals surface area contributed by atoms with Gasteiger partial charge in [-0.05, 0) is 18.2 Å². The molecule has 1 aliphatic heterocycles. The van der Waals surface area contributed by atoms with Crippen LogP contribution in [0.15, 0.2) is 59.9 Å². The van der Waals surface area contributed by atoms with Crippen LogP contribution in [0.2, 0.25) is 0 Å². The van der Waals surface area contributed by atoms with Gasteiger partial charge in [0.2, 0.25) is 10.0 Å². The average molecular weight is 430 g/mol. The van der Waals surface area contributed by atoms with Crippen molar-refractivity contribution < 1.29 is 17.9 Å². The highest BCUT2D eigenvalue weighted by atomic mass is 32.2. The summed E-state index contributed by atoms with van der Waals surface area (Å²) in [5, 5.41) is 8.20. The zero-order valence-corrected chi connectivity index (χ0v) is 17.3. The van der Waals surface area contributed by atoms with E-state index in [1.54, 1.807) is 28.9 Å². The lowest BCUT2D eigenvalue weighted by Gasteiger charge is -2.33. The molecule has 1 saturated heterocycles. The Morgan fingerprint density at radius 2 is 1.83 bits per heavy atom. The highest BCUT2D eigenvalue weighted by Crippen LogP contribution is 2.17. The Hall–Kier alpha value is -3.18. The average Bonchev–Trinajstić information content (AvgIpc) is 3.42. The Labute approximate surface area is 174 Å². The fourth-order valence-electron chi connectivity index (χ4n) is 3.18. The first kappa shape index (κ1) is 20.1. The van der Waals surface area contributed by atoms with E-state index < -0.39 is 10.0 Å². The van der Waals surface area contributed by atoms with E-state index in [-0.39, 0.29) is 30.6 Å². The third-order valence-corrected chi connectivity index (χ3v) is 6.66. The van der Waals surface area contributed by atoms with Crippen LogP contribution in [0.25, 0.3) is 0 Å². The number of hydrogen-bond acceptors (Lipinski definition) is 6. The lowest BCUT2D eigenvalue weighted by atomic mass is 10.3. The smallest absolute Gasteiger partial charge is 0.274 e. The summed E-state index contributed by atoms with van der Waals surface area (Å²) >= 11 is 0. The van der Waals surface area contributed by atoms with E-state index in [1.165, 1.54) is 21.4 Å². The Morgan fingerprint density at radius 1 is 1.10 bits per heavy atom. The van der Waals surface area contributed by atoms with E-state index in [0.29, 0.717) is 24.5 Å². The van der Waals surface area contributed by atoms with Crippen LogP contribution in [0.3, 0.4) is 0 Å². The number of carbonyl (C=O) groups excluding carboxylic acids is 1. The van der Waals surface area contributed by atoms with Crippen molar-refractivity contribution in [3.8, 4) is 5.75 Å². The van der Waals surface area contributed by atoms with E-state index in [1.807, 2.05) is 30.3 Å². The topological polar surface area (TPSA) is 103 Å². The van der Waals surface area contributed by atoms with Crippen molar-refractivity contribution in [1.29, 1.82) is 0 Å². The molecule has 0 radical (unpaired) electrons.